The molecule has 1 saturated carbocycles. The van der Waals surface area contributed by atoms with Crippen LogP contribution >= 0.6 is 0 Å². The van der Waals surface area contributed by atoms with E-state index in [9.17, 15) is 10.2 Å². The second-order valence-electron chi connectivity index (χ2n) is 13.1. The fourth-order valence-corrected chi connectivity index (χ4v) is 5.79. The largest absolute Gasteiger partial charge is 0.507 e. The number of hydrogen-bond donors (Lipinski definition) is 2. The number of phenols is 2. The van der Waals surface area contributed by atoms with Crippen LogP contribution in [0, 0.1) is 11.8 Å². The minimum atomic E-state index is -0.162. The monoisotopic (exact) mass is 527 g/mol. The Morgan fingerprint density at radius 2 is 1.54 bits per heavy atom. The van der Waals surface area contributed by atoms with Gasteiger partial charge in [0.25, 0.3) is 0 Å². The van der Waals surface area contributed by atoms with Gasteiger partial charge >= 0.3 is 0 Å². The topological polar surface area (TPSA) is 62.0 Å². The van der Waals surface area contributed by atoms with Crippen molar-refractivity contribution in [1.29, 1.82) is 0 Å². The first-order valence-electron chi connectivity index (χ1n) is 14.2. The van der Waals surface area contributed by atoms with Crippen LogP contribution in [0.4, 0.5) is 0 Å². The molecule has 1 unspecified atom stereocenters. The van der Waals surface area contributed by atoms with Gasteiger partial charge in [-0.15, -0.1) is 0 Å². The number of aromatic hydroxyl groups is 2. The van der Waals surface area contributed by atoms with E-state index in [4.69, 9.17) is 9.73 Å². The van der Waals surface area contributed by atoms with Gasteiger partial charge in [-0.05, 0) is 65.2 Å². The Labute approximate surface area is 234 Å². The molecule has 3 aromatic carbocycles. The maximum atomic E-state index is 11.2. The molecule has 1 aliphatic rings. The molecule has 208 valence electrons. The zero-order chi connectivity index (χ0) is 28.4. The van der Waals surface area contributed by atoms with E-state index in [0.717, 1.165) is 59.4 Å². The van der Waals surface area contributed by atoms with Gasteiger partial charge < -0.3 is 14.9 Å². The molecule has 0 saturated heterocycles. The zero-order valence-electron chi connectivity index (χ0n) is 24.7. The van der Waals surface area contributed by atoms with Crippen LogP contribution in [-0.2, 0) is 17.3 Å². The second-order valence-corrected chi connectivity index (χ2v) is 13.1. The van der Waals surface area contributed by atoms with Gasteiger partial charge in [-0.2, -0.15) is 0 Å². The summed E-state index contributed by atoms with van der Waals surface area (Å²) in [7, 11) is 1.66. The third-order valence-electron chi connectivity index (χ3n) is 8.20. The van der Waals surface area contributed by atoms with Crippen molar-refractivity contribution in [1.82, 2.24) is 0 Å². The molecule has 3 aromatic rings. The van der Waals surface area contributed by atoms with Crippen LogP contribution in [0.5, 0.6) is 17.2 Å². The fourth-order valence-electron chi connectivity index (χ4n) is 5.79. The van der Waals surface area contributed by atoms with Gasteiger partial charge in [0.05, 0.1) is 7.11 Å². The van der Waals surface area contributed by atoms with Crippen LogP contribution in [0.2, 0.25) is 0 Å². The van der Waals surface area contributed by atoms with E-state index in [0.29, 0.717) is 23.3 Å². The summed E-state index contributed by atoms with van der Waals surface area (Å²) in [6.07, 6.45) is 6.15. The molecule has 0 bridgehead atoms. The summed E-state index contributed by atoms with van der Waals surface area (Å²) in [5, 5.41) is 22.3. The molecular formula is C35H45NO3. The number of methoxy groups -OCH3 is 1. The number of phenolic OH excluding ortho intramolecular Hbond substituents is 2. The van der Waals surface area contributed by atoms with Crippen LogP contribution < -0.4 is 4.74 Å². The molecule has 1 aliphatic carbocycles. The van der Waals surface area contributed by atoms with Crippen molar-refractivity contribution in [2.75, 3.05) is 13.7 Å². The van der Waals surface area contributed by atoms with Crippen molar-refractivity contribution in [3.8, 4) is 28.4 Å². The molecule has 0 heterocycles. The van der Waals surface area contributed by atoms with E-state index in [-0.39, 0.29) is 10.8 Å². The third-order valence-corrected chi connectivity index (χ3v) is 8.20. The Morgan fingerprint density at radius 1 is 0.846 bits per heavy atom. The van der Waals surface area contributed by atoms with Gasteiger partial charge in [0.1, 0.15) is 17.2 Å². The summed E-state index contributed by atoms with van der Waals surface area (Å²) in [4.78, 5) is 4.87. The molecule has 0 aliphatic heterocycles. The maximum Gasteiger partial charge on any atom is 0.128 e. The number of rotatable bonds is 7. The van der Waals surface area contributed by atoms with Crippen LogP contribution in [0.1, 0.15) is 83.1 Å². The summed E-state index contributed by atoms with van der Waals surface area (Å²) in [6, 6.07) is 18.1. The van der Waals surface area contributed by atoms with E-state index < -0.39 is 0 Å². The van der Waals surface area contributed by atoms with Crippen LogP contribution in [0.3, 0.4) is 0 Å². The highest BCUT2D eigenvalue weighted by atomic mass is 16.5. The molecule has 0 aromatic heterocycles. The molecule has 4 heteroatoms. The van der Waals surface area contributed by atoms with Crippen molar-refractivity contribution < 1.29 is 14.9 Å². The molecule has 1 fully saturated rings. The van der Waals surface area contributed by atoms with E-state index in [2.05, 4.69) is 53.7 Å². The van der Waals surface area contributed by atoms with E-state index in [1.54, 1.807) is 7.11 Å². The Kier molecular flexibility index (Phi) is 8.44. The average molecular weight is 528 g/mol. The van der Waals surface area contributed by atoms with Crippen molar-refractivity contribution in [3.05, 3.63) is 76.9 Å². The number of hydrogen-bond acceptors (Lipinski definition) is 4. The average Bonchev–Trinajstić information content (AvgIpc) is 3.31. The van der Waals surface area contributed by atoms with Crippen molar-refractivity contribution in [2.45, 2.75) is 78.1 Å². The summed E-state index contributed by atoms with van der Waals surface area (Å²) in [5.41, 5.74) is 5.46. The Hall–Kier alpha value is -3.27. The van der Waals surface area contributed by atoms with Crippen molar-refractivity contribution in [2.24, 2.45) is 16.8 Å². The predicted molar refractivity (Wildman–Crippen MR) is 163 cm³/mol. The normalized spacial score (nSPS) is 18.1. The molecule has 0 amide bonds. The van der Waals surface area contributed by atoms with Crippen LogP contribution in [-0.4, -0.2) is 30.1 Å². The first-order chi connectivity index (χ1) is 18.4. The predicted octanol–water partition coefficient (Wildman–Crippen LogP) is 8.45. The number of aliphatic imine (C=N–C) groups is 1. The lowest BCUT2D eigenvalue weighted by atomic mass is 9.79. The third kappa shape index (κ3) is 6.49. The molecule has 0 spiro atoms. The van der Waals surface area contributed by atoms with Gasteiger partial charge in [-0.1, -0.05) is 90.4 Å². The molecule has 2 atom stereocenters. The van der Waals surface area contributed by atoms with Crippen molar-refractivity contribution in [3.63, 3.8) is 0 Å². The van der Waals surface area contributed by atoms with Crippen LogP contribution in [0.25, 0.3) is 11.1 Å². The molecule has 4 nitrogen and oxygen atoms in total. The van der Waals surface area contributed by atoms with Gasteiger partial charge in [-0.3, -0.25) is 4.99 Å². The molecule has 2 N–H and O–H groups in total. The molecule has 39 heavy (non-hydrogen) atoms. The number of benzene rings is 3. The lowest BCUT2D eigenvalue weighted by Crippen LogP contribution is -2.17. The molecule has 4 rings (SSSR count). The standard InChI is InChI=1S/C35H45NO3/c1-34(2,3)27-19-26(33(38)30(20-27)35(4,5)6)22-36-21-25-14-10-12-23(25)18-24-13-11-16-29(32(24)37)28-15-8-9-17-31(28)39-7/h8-9,11,13,15-17,19-20,22-23,25,37-38H,10,12,14,18,21H2,1-7H3/t23?,25-/m0/s1. The van der Waals surface area contributed by atoms with E-state index in [1.807, 2.05) is 48.7 Å². The van der Waals surface area contributed by atoms with Crippen molar-refractivity contribution >= 4 is 6.21 Å². The molecular weight excluding hydrogens is 482 g/mol. The maximum absolute atomic E-state index is 11.2. The minimum Gasteiger partial charge on any atom is -0.507 e. The summed E-state index contributed by atoms with van der Waals surface area (Å²) in [5.74, 6) is 2.34. The smallest absolute Gasteiger partial charge is 0.128 e. The number of nitrogens with zero attached hydrogens (tertiary/aromatic N) is 1. The summed E-state index contributed by atoms with van der Waals surface area (Å²) in [6.45, 7) is 13.7. The lowest BCUT2D eigenvalue weighted by Gasteiger charge is -2.27. The SMILES string of the molecule is COc1ccccc1-c1cccc(CC2CCC[C@H]2CN=Cc2cc(C(C)(C)C)cc(C(C)(C)C)c2O)c1O. The highest BCUT2D eigenvalue weighted by Gasteiger charge is 2.29. The quantitative estimate of drug-likeness (QED) is 0.303. The Bertz CT molecular complexity index is 1330. The summed E-state index contributed by atoms with van der Waals surface area (Å²) >= 11 is 0. The van der Waals surface area contributed by atoms with E-state index >= 15 is 0 Å². The highest BCUT2D eigenvalue weighted by molar-refractivity contribution is 5.85. The summed E-state index contributed by atoms with van der Waals surface area (Å²) < 4.78 is 5.54. The number of para-hydroxylation sites is 2. The van der Waals surface area contributed by atoms with Gasteiger partial charge in [0.15, 0.2) is 0 Å². The Morgan fingerprint density at radius 3 is 2.23 bits per heavy atom. The highest BCUT2D eigenvalue weighted by Crippen LogP contribution is 2.41. The first-order valence-corrected chi connectivity index (χ1v) is 14.2. The van der Waals surface area contributed by atoms with Gasteiger partial charge in [0.2, 0.25) is 0 Å². The zero-order valence-corrected chi connectivity index (χ0v) is 24.7. The lowest BCUT2D eigenvalue weighted by molar-refractivity contribution is 0.386. The van der Waals surface area contributed by atoms with Gasteiger partial charge in [0, 0.05) is 35.0 Å². The van der Waals surface area contributed by atoms with Crippen LogP contribution in [0.15, 0.2) is 59.6 Å². The molecule has 0 radical (unpaired) electrons. The minimum absolute atomic E-state index is 0.0207. The van der Waals surface area contributed by atoms with Gasteiger partial charge in [-0.25, -0.2) is 0 Å². The first kappa shape index (κ1) is 28.7. The fraction of sp³-hybridized carbons (Fsp3) is 0.457. The Balaban J connectivity index is 1.53. The van der Waals surface area contributed by atoms with E-state index in [1.165, 1.54) is 12.0 Å². The second kappa shape index (κ2) is 11.5. The number of ether oxygens (including phenoxy) is 1.